The Morgan fingerprint density at radius 3 is 2.50 bits per heavy atom. The summed E-state index contributed by atoms with van der Waals surface area (Å²) < 4.78 is 5.43. The highest BCUT2D eigenvalue weighted by Crippen LogP contribution is 2.21. The van der Waals surface area contributed by atoms with Crippen LogP contribution in [0.15, 0.2) is 60.0 Å². The summed E-state index contributed by atoms with van der Waals surface area (Å²) in [4.78, 5) is 28.3. The van der Waals surface area contributed by atoms with Crippen LogP contribution in [-0.4, -0.2) is 30.4 Å². The van der Waals surface area contributed by atoms with Crippen LogP contribution in [0.4, 0.5) is 0 Å². The zero-order valence-electron chi connectivity index (χ0n) is 17.5. The van der Waals surface area contributed by atoms with Crippen LogP contribution in [0.5, 0.6) is 5.75 Å². The van der Waals surface area contributed by atoms with Gasteiger partial charge in [-0.3, -0.25) is 9.59 Å². The second-order valence-electron chi connectivity index (χ2n) is 7.12. The molecular weight excluding hydrogens is 396 g/mol. The van der Waals surface area contributed by atoms with Crippen molar-refractivity contribution in [1.82, 2.24) is 10.2 Å². The van der Waals surface area contributed by atoms with Crippen LogP contribution in [0.1, 0.15) is 31.9 Å². The third kappa shape index (κ3) is 5.48. The second kappa shape index (κ2) is 10.1. The molecule has 0 aliphatic heterocycles. The van der Waals surface area contributed by atoms with Crippen LogP contribution in [-0.2, 0) is 17.9 Å². The van der Waals surface area contributed by atoms with E-state index in [1.807, 2.05) is 67.8 Å². The van der Waals surface area contributed by atoms with Gasteiger partial charge in [-0.05, 0) is 54.6 Å². The summed E-state index contributed by atoms with van der Waals surface area (Å²) in [7, 11) is 1.62. The summed E-state index contributed by atoms with van der Waals surface area (Å²) >= 11 is 1.60. The van der Waals surface area contributed by atoms with Gasteiger partial charge in [0.2, 0.25) is 5.91 Å². The van der Waals surface area contributed by atoms with Gasteiger partial charge in [0.05, 0.1) is 20.2 Å². The first kappa shape index (κ1) is 21.6. The Balaban J connectivity index is 1.71. The van der Waals surface area contributed by atoms with E-state index < -0.39 is 0 Å². The SMILES string of the molecule is COc1ccccc1CN(Cc1cccs1)C(=O)CNC(=O)c1ccc(C)c(C)c1. The number of carbonyl (C=O) groups is 2. The lowest BCUT2D eigenvalue weighted by atomic mass is 10.1. The normalized spacial score (nSPS) is 10.5. The Bertz CT molecular complexity index is 1020. The highest BCUT2D eigenvalue weighted by molar-refractivity contribution is 7.09. The van der Waals surface area contributed by atoms with Crippen molar-refractivity contribution in [1.29, 1.82) is 0 Å². The number of thiophene rings is 1. The predicted molar refractivity (Wildman–Crippen MR) is 120 cm³/mol. The van der Waals surface area contributed by atoms with Gasteiger partial charge in [-0.25, -0.2) is 0 Å². The summed E-state index contributed by atoms with van der Waals surface area (Å²) in [6, 6.07) is 17.1. The molecular formula is C24H26N2O3S. The lowest BCUT2D eigenvalue weighted by molar-refractivity contribution is -0.131. The molecule has 30 heavy (non-hydrogen) atoms. The highest BCUT2D eigenvalue weighted by atomic mass is 32.1. The van der Waals surface area contributed by atoms with E-state index in [1.54, 1.807) is 29.4 Å². The van der Waals surface area contributed by atoms with Gasteiger partial charge in [-0.15, -0.1) is 11.3 Å². The van der Waals surface area contributed by atoms with Crippen molar-refractivity contribution in [3.8, 4) is 5.75 Å². The fraction of sp³-hybridized carbons (Fsp3) is 0.250. The maximum Gasteiger partial charge on any atom is 0.251 e. The molecule has 156 valence electrons. The highest BCUT2D eigenvalue weighted by Gasteiger charge is 2.18. The van der Waals surface area contributed by atoms with Gasteiger partial charge in [-0.1, -0.05) is 30.3 Å². The number of ether oxygens (including phenoxy) is 1. The minimum Gasteiger partial charge on any atom is -0.496 e. The molecule has 5 nitrogen and oxygen atoms in total. The lowest BCUT2D eigenvalue weighted by Crippen LogP contribution is -2.39. The van der Waals surface area contributed by atoms with Crippen LogP contribution in [0.25, 0.3) is 0 Å². The summed E-state index contributed by atoms with van der Waals surface area (Å²) in [6.45, 7) is 4.79. The van der Waals surface area contributed by atoms with E-state index in [4.69, 9.17) is 4.74 Å². The second-order valence-corrected chi connectivity index (χ2v) is 8.15. The minimum absolute atomic E-state index is 0.0632. The molecule has 0 saturated carbocycles. The molecule has 2 amide bonds. The first-order chi connectivity index (χ1) is 14.5. The standard InChI is InChI=1S/C24H26N2O3S/c1-17-10-11-19(13-18(17)2)24(28)25-14-23(27)26(16-21-8-6-12-30-21)15-20-7-4-5-9-22(20)29-3/h4-13H,14-16H2,1-3H3,(H,25,28). The Kier molecular flexibility index (Phi) is 7.25. The van der Waals surface area contributed by atoms with Crippen molar-refractivity contribution in [2.24, 2.45) is 0 Å². The van der Waals surface area contributed by atoms with E-state index in [1.165, 1.54) is 0 Å². The first-order valence-electron chi connectivity index (χ1n) is 9.75. The molecule has 3 aromatic rings. The molecule has 0 spiro atoms. The molecule has 3 rings (SSSR count). The first-order valence-corrected chi connectivity index (χ1v) is 10.6. The molecule has 0 unspecified atom stereocenters. The quantitative estimate of drug-likeness (QED) is 0.588. The number of benzene rings is 2. The van der Waals surface area contributed by atoms with Crippen molar-refractivity contribution < 1.29 is 14.3 Å². The van der Waals surface area contributed by atoms with Crippen molar-refractivity contribution >= 4 is 23.2 Å². The summed E-state index contributed by atoms with van der Waals surface area (Å²) in [5.41, 5.74) is 3.65. The molecule has 6 heteroatoms. The van der Waals surface area contributed by atoms with Crippen LogP contribution in [0.3, 0.4) is 0 Å². The number of methoxy groups -OCH3 is 1. The average Bonchev–Trinajstić information content (AvgIpc) is 3.26. The number of para-hydroxylation sites is 1. The largest absolute Gasteiger partial charge is 0.496 e. The average molecular weight is 423 g/mol. The number of nitrogens with zero attached hydrogens (tertiary/aromatic N) is 1. The molecule has 1 N–H and O–H groups in total. The van der Waals surface area contributed by atoms with Gasteiger partial charge >= 0.3 is 0 Å². The molecule has 1 heterocycles. The molecule has 0 aliphatic carbocycles. The van der Waals surface area contributed by atoms with Crippen LogP contribution >= 0.6 is 11.3 Å². The molecule has 0 fully saturated rings. The molecule has 0 bridgehead atoms. The maximum atomic E-state index is 13.0. The van der Waals surface area contributed by atoms with Crippen LogP contribution in [0.2, 0.25) is 0 Å². The van der Waals surface area contributed by atoms with Gasteiger partial charge < -0.3 is 15.0 Å². The number of aryl methyl sites for hydroxylation is 2. The Labute approximate surface area is 181 Å². The third-order valence-electron chi connectivity index (χ3n) is 5.00. The van der Waals surface area contributed by atoms with E-state index in [9.17, 15) is 9.59 Å². The minimum atomic E-state index is -0.250. The molecule has 0 saturated heterocycles. The van der Waals surface area contributed by atoms with E-state index in [2.05, 4.69) is 5.32 Å². The third-order valence-corrected chi connectivity index (χ3v) is 5.86. The number of rotatable bonds is 8. The number of amides is 2. The van der Waals surface area contributed by atoms with Crippen molar-refractivity contribution in [3.05, 3.63) is 87.1 Å². The Hall–Kier alpha value is -3.12. The summed E-state index contributed by atoms with van der Waals surface area (Å²) in [6.07, 6.45) is 0. The van der Waals surface area contributed by atoms with Gasteiger partial charge in [0.25, 0.3) is 5.91 Å². The summed E-state index contributed by atoms with van der Waals surface area (Å²) in [5, 5.41) is 4.75. The molecule has 2 aromatic carbocycles. The monoisotopic (exact) mass is 422 g/mol. The van der Waals surface area contributed by atoms with Crippen molar-refractivity contribution in [2.75, 3.05) is 13.7 Å². The van der Waals surface area contributed by atoms with Gasteiger partial charge in [-0.2, -0.15) is 0 Å². The van der Waals surface area contributed by atoms with Crippen molar-refractivity contribution in [3.63, 3.8) is 0 Å². The number of hydrogen-bond acceptors (Lipinski definition) is 4. The molecule has 0 atom stereocenters. The van der Waals surface area contributed by atoms with Crippen LogP contribution < -0.4 is 10.1 Å². The summed E-state index contributed by atoms with van der Waals surface area (Å²) in [5.74, 6) is 0.340. The topological polar surface area (TPSA) is 58.6 Å². The van der Waals surface area contributed by atoms with Crippen molar-refractivity contribution in [2.45, 2.75) is 26.9 Å². The predicted octanol–water partition coefficient (Wildman–Crippen LogP) is 4.33. The number of nitrogens with one attached hydrogen (secondary N) is 1. The van der Waals surface area contributed by atoms with E-state index in [0.717, 1.165) is 27.3 Å². The lowest BCUT2D eigenvalue weighted by Gasteiger charge is -2.23. The van der Waals surface area contributed by atoms with E-state index in [-0.39, 0.29) is 18.4 Å². The molecule has 1 aromatic heterocycles. The van der Waals surface area contributed by atoms with Crippen LogP contribution in [0, 0.1) is 13.8 Å². The zero-order valence-corrected chi connectivity index (χ0v) is 18.3. The van der Waals surface area contributed by atoms with Gasteiger partial charge in [0.15, 0.2) is 0 Å². The van der Waals surface area contributed by atoms with E-state index in [0.29, 0.717) is 18.7 Å². The number of carbonyl (C=O) groups excluding carboxylic acids is 2. The Morgan fingerprint density at radius 1 is 1.00 bits per heavy atom. The van der Waals surface area contributed by atoms with Gasteiger partial charge in [0, 0.05) is 22.5 Å². The smallest absolute Gasteiger partial charge is 0.251 e. The number of hydrogen-bond donors (Lipinski definition) is 1. The Morgan fingerprint density at radius 2 is 1.80 bits per heavy atom. The molecule has 0 radical (unpaired) electrons. The van der Waals surface area contributed by atoms with Gasteiger partial charge in [0.1, 0.15) is 5.75 Å². The fourth-order valence-corrected chi connectivity index (χ4v) is 3.83. The fourth-order valence-electron chi connectivity index (χ4n) is 3.11. The molecule has 0 aliphatic rings. The zero-order chi connectivity index (χ0) is 21.5. The van der Waals surface area contributed by atoms with E-state index >= 15 is 0 Å². The maximum absolute atomic E-state index is 13.0.